The number of halogens is 2. The van der Waals surface area contributed by atoms with Gasteiger partial charge in [-0.2, -0.15) is 0 Å². The number of aliphatic carboxylic acids is 1. The zero-order chi connectivity index (χ0) is 32.3. The molecule has 10 N–H and O–H groups in total. The van der Waals surface area contributed by atoms with E-state index in [1.165, 1.54) is 6.92 Å². The molecule has 0 aliphatic carbocycles. The SMILES string of the molecule is CC(CNC(=O)c1ccc(B(O)O)cc1F)N(CC(=O)NCCCCC(NN)C(=O)O)C(=O)c1ccc(B(O)O)cc1F. The molecule has 0 aliphatic rings. The lowest BCUT2D eigenvalue weighted by Gasteiger charge is -2.29. The van der Waals surface area contributed by atoms with Crippen molar-refractivity contribution in [2.45, 2.75) is 38.3 Å². The van der Waals surface area contributed by atoms with Gasteiger partial charge in [-0.05, 0) is 61.4 Å². The van der Waals surface area contributed by atoms with Gasteiger partial charge in [-0.3, -0.25) is 25.0 Å². The normalized spacial score (nSPS) is 12.2. The van der Waals surface area contributed by atoms with Gasteiger partial charge in [0.05, 0.1) is 11.1 Å². The molecule has 2 rings (SSSR count). The molecule has 0 fully saturated rings. The Morgan fingerprint density at radius 2 is 1.47 bits per heavy atom. The Morgan fingerprint density at radius 3 is 1.95 bits per heavy atom. The third-order valence-electron chi connectivity index (χ3n) is 6.46. The fourth-order valence-electron chi connectivity index (χ4n) is 3.96. The molecule has 2 aromatic carbocycles. The van der Waals surface area contributed by atoms with Gasteiger partial charge in [0.1, 0.15) is 24.2 Å². The summed E-state index contributed by atoms with van der Waals surface area (Å²) in [5.74, 6) is -0.583. The maximum absolute atomic E-state index is 14.8. The smallest absolute Gasteiger partial charge is 0.480 e. The van der Waals surface area contributed by atoms with Crippen molar-refractivity contribution in [2.24, 2.45) is 5.84 Å². The molecule has 0 spiro atoms. The molecule has 43 heavy (non-hydrogen) atoms. The highest BCUT2D eigenvalue weighted by Gasteiger charge is 2.28. The maximum atomic E-state index is 14.8. The molecule has 0 aromatic heterocycles. The molecule has 232 valence electrons. The number of benzene rings is 2. The van der Waals surface area contributed by atoms with Gasteiger partial charge in [-0.25, -0.2) is 14.2 Å². The van der Waals surface area contributed by atoms with Crippen molar-refractivity contribution in [3.63, 3.8) is 0 Å². The van der Waals surface area contributed by atoms with E-state index in [-0.39, 0.29) is 30.4 Å². The summed E-state index contributed by atoms with van der Waals surface area (Å²) in [7, 11) is -3.94. The number of nitrogens with two attached hydrogens (primary N) is 1. The van der Waals surface area contributed by atoms with Gasteiger partial charge in [-0.15, -0.1) is 0 Å². The molecule has 0 saturated carbocycles. The first-order valence-electron chi connectivity index (χ1n) is 13.1. The molecule has 18 heteroatoms. The second kappa shape index (κ2) is 16.6. The van der Waals surface area contributed by atoms with Crippen LogP contribution in [0.25, 0.3) is 0 Å². The number of carboxylic acid groups (broad SMARTS) is 1. The standard InChI is InChI=1S/C25H33B2F2N5O9/c1-14(12-32-23(36)17-7-5-15(26(40)41)10-19(17)28)34(24(37)18-8-6-16(27(42)43)11-20(18)29)13-22(35)31-9-3-2-4-21(33-30)25(38)39/h5-8,10-11,14,21,33,40-43H,2-4,9,12-13,30H2,1H3,(H,31,35)(H,32,36)(H,38,39). The van der Waals surface area contributed by atoms with Crippen molar-refractivity contribution < 1.29 is 53.2 Å². The third-order valence-corrected chi connectivity index (χ3v) is 6.46. The third kappa shape index (κ3) is 10.4. The van der Waals surface area contributed by atoms with Crippen LogP contribution in [0, 0.1) is 11.6 Å². The summed E-state index contributed by atoms with van der Waals surface area (Å²) >= 11 is 0. The van der Waals surface area contributed by atoms with Crippen LogP contribution in [0.3, 0.4) is 0 Å². The number of hydrogen-bond acceptors (Lipinski definition) is 10. The summed E-state index contributed by atoms with van der Waals surface area (Å²) in [6.07, 6.45) is 0.981. The van der Waals surface area contributed by atoms with E-state index in [1.54, 1.807) is 0 Å². The largest absolute Gasteiger partial charge is 0.488 e. The Labute approximate surface area is 246 Å². The van der Waals surface area contributed by atoms with Crippen molar-refractivity contribution in [3.8, 4) is 0 Å². The van der Waals surface area contributed by atoms with Gasteiger partial charge in [0.2, 0.25) is 5.91 Å². The molecule has 0 bridgehead atoms. The number of carbonyl (C=O) groups is 4. The Morgan fingerprint density at radius 1 is 0.907 bits per heavy atom. The van der Waals surface area contributed by atoms with Crippen molar-refractivity contribution in [1.29, 1.82) is 0 Å². The van der Waals surface area contributed by atoms with Gasteiger partial charge in [-0.1, -0.05) is 12.1 Å². The average molecular weight is 607 g/mol. The minimum absolute atomic E-state index is 0.123. The molecule has 2 aromatic rings. The summed E-state index contributed by atoms with van der Waals surface area (Å²) in [5.41, 5.74) is 0.856. The Kier molecular flexibility index (Phi) is 13.6. The van der Waals surface area contributed by atoms with Crippen LogP contribution in [0.1, 0.15) is 46.9 Å². The summed E-state index contributed by atoms with van der Waals surface area (Å²) in [4.78, 5) is 50.6. The number of nitrogens with zero attached hydrogens (tertiary/aromatic N) is 1. The predicted octanol–water partition coefficient (Wildman–Crippen LogP) is -3.21. The van der Waals surface area contributed by atoms with Crippen molar-refractivity contribution in [1.82, 2.24) is 21.0 Å². The Bertz CT molecular complexity index is 1310. The second-order valence-corrected chi connectivity index (χ2v) is 9.62. The molecular formula is C25H33B2F2N5O9. The summed E-state index contributed by atoms with van der Waals surface area (Å²) in [6, 6.07) is 3.92. The summed E-state index contributed by atoms with van der Waals surface area (Å²) in [6.45, 7) is 0.680. The highest BCUT2D eigenvalue weighted by molar-refractivity contribution is 6.59. The van der Waals surface area contributed by atoms with Crippen molar-refractivity contribution in [3.05, 3.63) is 59.2 Å². The van der Waals surface area contributed by atoms with Gasteiger partial charge in [0.15, 0.2) is 0 Å². The molecule has 0 aliphatic heterocycles. The van der Waals surface area contributed by atoms with E-state index >= 15 is 0 Å². The maximum Gasteiger partial charge on any atom is 0.488 e. The summed E-state index contributed by atoms with van der Waals surface area (Å²) < 4.78 is 29.1. The lowest BCUT2D eigenvalue weighted by molar-refractivity contribution is -0.139. The molecule has 3 amide bonds. The molecule has 0 heterocycles. The zero-order valence-corrected chi connectivity index (χ0v) is 23.2. The molecular weight excluding hydrogens is 574 g/mol. The van der Waals surface area contributed by atoms with Crippen LogP contribution in [0.4, 0.5) is 8.78 Å². The quantitative estimate of drug-likeness (QED) is 0.0399. The van der Waals surface area contributed by atoms with Crippen LogP contribution >= 0.6 is 0 Å². The van der Waals surface area contributed by atoms with Crippen LogP contribution in [0.15, 0.2) is 36.4 Å². The minimum Gasteiger partial charge on any atom is -0.480 e. The summed E-state index contributed by atoms with van der Waals surface area (Å²) in [5, 5.41) is 50.9. The Balaban J connectivity index is 2.14. The van der Waals surface area contributed by atoms with E-state index in [0.717, 1.165) is 41.3 Å². The van der Waals surface area contributed by atoms with Crippen LogP contribution in [-0.2, 0) is 9.59 Å². The van der Waals surface area contributed by atoms with Crippen LogP contribution in [-0.4, -0.2) is 99.7 Å². The number of hydrazine groups is 1. The molecule has 0 radical (unpaired) electrons. The van der Waals surface area contributed by atoms with Crippen molar-refractivity contribution in [2.75, 3.05) is 19.6 Å². The van der Waals surface area contributed by atoms with E-state index < -0.39 is 79.3 Å². The fraction of sp³-hybridized carbons (Fsp3) is 0.360. The zero-order valence-electron chi connectivity index (χ0n) is 23.2. The van der Waals surface area contributed by atoms with E-state index in [9.17, 15) is 38.0 Å². The van der Waals surface area contributed by atoms with E-state index in [0.29, 0.717) is 12.8 Å². The highest BCUT2D eigenvalue weighted by Crippen LogP contribution is 2.13. The van der Waals surface area contributed by atoms with E-state index in [4.69, 9.17) is 21.0 Å². The van der Waals surface area contributed by atoms with E-state index in [1.807, 2.05) is 0 Å². The van der Waals surface area contributed by atoms with Gasteiger partial charge in [0, 0.05) is 19.1 Å². The minimum atomic E-state index is -1.99. The Hall–Kier alpha value is -3.93. The molecule has 14 nitrogen and oxygen atoms in total. The first kappa shape index (κ1) is 35.3. The predicted molar refractivity (Wildman–Crippen MR) is 151 cm³/mol. The van der Waals surface area contributed by atoms with Gasteiger partial charge < -0.3 is 40.7 Å². The topological polar surface area (TPSA) is 235 Å². The number of carboxylic acids is 1. The number of carbonyl (C=O) groups excluding carboxylic acids is 3. The number of amides is 3. The molecule has 2 atom stereocenters. The van der Waals surface area contributed by atoms with Gasteiger partial charge in [0.25, 0.3) is 11.8 Å². The number of hydrogen-bond donors (Lipinski definition) is 9. The van der Waals surface area contributed by atoms with Gasteiger partial charge >= 0.3 is 20.2 Å². The first-order chi connectivity index (χ1) is 20.3. The van der Waals surface area contributed by atoms with Crippen molar-refractivity contribution >= 4 is 48.9 Å². The second-order valence-electron chi connectivity index (χ2n) is 9.62. The van der Waals surface area contributed by atoms with E-state index in [2.05, 4.69) is 16.1 Å². The highest BCUT2D eigenvalue weighted by atomic mass is 19.1. The van der Waals surface area contributed by atoms with Crippen LogP contribution < -0.4 is 32.8 Å². The lowest BCUT2D eigenvalue weighted by atomic mass is 9.80. The lowest BCUT2D eigenvalue weighted by Crippen LogP contribution is -2.50. The fourth-order valence-corrected chi connectivity index (χ4v) is 3.96. The number of rotatable bonds is 16. The van der Waals surface area contributed by atoms with Crippen LogP contribution in [0.2, 0.25) is 0 Å². The van der Waals surface area contributed by atoms with Crippen LogP contribution in [0.5, 0.6) is 0 Å². The number of nitrogens with one attached hydrogen (secondary N) is 3. The molecule has 2 unspecified atom stereocenters. The number of unbranched alkanes of at least 4 members (excludes halogenated alkanes) is 1. The monoisotopic (exact) mass is 607 g/mol. The molecule has 0 saturated heterocycles. The first-order valence-corrected chi connectivity index (χ1v) is 13.1. The average Bonchev–Trinajstić information content (AvgIpc) is 2.95.